The van der Waals surface area contributed by atoms with Crippen LogP contribution in [0.1, 0.15) is 24.8 Å². The number of rotatable bonds is 5. The monoisotopic (exact) mass is 277 g/mol. The van der Waals surface area contributed by atoms with Crippen LogP contribution >= 0.6 is 34.8 Å². The van der Waals surface area contributed by atoms with E-state index in [9.17, 15) is 0 Å². The summed E-state index contributed by atoms with van der Waals surface area (Å²) < 4.78 is 0. The van der Waals surface area contributed by atoms with E-state index >= 15 is 0 Å². The van der Waals surface area contributed by atoms with E-state index in [1.165, 1.54) is 19.3 Å². The van der Waals surface area contributed by atoms with Gasteiger partial charge in [-0.3, -0.25) is 0 Å². The molecular weight excluding hydrogens is 264 g/mol. The van der Waals surface area contributed by atoms with Crippen LogP contribution in [0.25, 0.3) is 0 Å². The lowest BCUT2D eigenvalue weighted by Crippen LogP contribution is -2.15. The SMILES string of the molecule is Clc1ccc(Cl)c(CNCCC2CC2)c1Cl. The second kappa shape index (κ2) is 5.59. The number of nitrogens with one attached hydrogen (secondary N) is 1. The van der Waals surface area contributed by atoms with E-state index in [0.717, 1.165) is 18.0 Å². The lowest BCUT2D eigenvalue weighted by Gasteiger charge is -2.09. The topological polar surface area (TPSA) is 12.0 Å². The van der Waals surface area contributed by atoms with Crippen molar-refractivity contribution in [3.05, 3.63) is 32.8 Å². The normalized spacial score (nSPS) is 15.4. The molecule has 1 aliphatic rings. The maximum Gasteiger partial charge on any atom is 0.0652 e. The van der Waals surface area contributed by atoms with Gasteiger partial charge in [0.2, 0.25) is 0 Å². The standard InChI is InChI=1S/C12H14Cl3N/c13-10-3-4-11(14)12(15)9(10)7-16-6-5-8-1-2-8/h3-4,8,16H,1-2,5-7H2. The minimum Gasteiger partial charge on any atom is -0.313 e. The first kappa shape index (κ1) is 12.5. The summed E-state index contributed by atoms with van der Waals surface area (Å²) in [5.41, 5.74) is 0.895. The molecule has 1 saturated carbocycles. The van der Waals surface area contributed by atoms with Gasteiger partial charge in [-0.25, -0.2) is 0 Å². The Morgan fingerprint density at radius 2 is 1.81 bits per heavy atom. The lowest BCUT2D eigenvalue weighted by atomic mass is 10.2. The fourth-order valence-corrected chi connectivity index (χ4v) is 2.34. The summed E-state index contributed by atoms with van der Waals surface area (Å²) in [5.74, 6) is 0.942. The Bertz CT molecular complexity index is 375. The van der Waals surface area contributed by atoms with Crippen LogP contribution in [0, 0.1) is 5.92 Å². The van der Waals surface area contributed by atoms with Gasteiger partial charge in [0.25, 0.3) is 0 Å². The smallest absolute Gasteiger partial charge is 0.0652 e. The molecule has 2 rings (SSSR count). The molecule has 0 spiro atoms. The van der Waals surface area contributed by atoms with Gasteiger partial charge in [-0.1, -0.05) is 47.6 Å². The molecule has 0 amide bonds. The number of halogens is 3. The third-order valence-electron chi connectivity index (χ3n) is 2.87. The summed E-state index contributed by atoms with van der Waals surface area (Å²) in [5, 5.41) is 5.15. The lowest BCUT2D eigenvalue weighted by molar-refractivity contribution is 0.613. The molecule has 1 aliphatic carbocycles. The van der Waals surface area contributed by atoms with Crippen LogP contribution in [0.5, 0.6) is 0 Å². The highest BCUT2D eigenvalue weighted by molar-refractivity contribution is 6.44. The summed E-state index contributed by atoms with van der Waals surface area (Å²) >= 11 is 18.1. The van der Waals surface area contributed by atoms with Crippen molar-refractivity contribution in [1.29, 1.82) is 0 Å². The van der Waals surface area contributed by atoms with E-state index < -0.39 is 0 Å². The average molecular weight is 279 g/mol. The van der Waals surface area contributed by atoms with Crippen molar-refractivity contribution in [2.45, 2.75) is 25.8 Å². The van der Waals surface area contributed by atoms with E-state index in [1.54, 1.807) is 12.1 Å². The van der Waals surface area contributed by atoms with Crippen LogP contribution in [-0.2, 0) is 6.54 Å². The Kier molecular flexibility index (Phi) is 4.37. The zero-order valence-corrected chi connectivity index (χ0v) is 11.2. The number of benzene rings is 1. The largest absolute Gasteiger partial charge is 0.313 e. The Morgan fingerprint density at radius 3 is 2.50 bits per heavy atom. The van der Waals surface area contributed by atoms with Gasteiger partial charge in [0.1, 0.15) is 0 Å². The van der Waals surface area contributed by atoms with Crippen molar-refractivity contribution < 1.29 is 0 Å². The third-order valence-corrected chi connectivity index (χ3v) is 4.06. The van der Waals surface area contributed by atoms with Gasteiger partial charge in [-0.2, -0.15) is 0 Å². The predicted molar refractivity (Wildman–Crippen MR) is 70.5 cm³/mol. The Morgan fingerprint density at radius 1 is 1.12 bits per heavy atom. The first-order valence-corrected chi connectivity index (χ1v) is 6.65. The Labute approximate surface area is 111 Å². The average Bonchev–Trinajstić information content (AvgIpc) is 3.07. The fourth-order valence-electron chi connectivity index (χ4n) is 1.66. The highest BCUT2D eigenvalue weighted by atomic mass is 35.5. The van der Waals surface area contributed by atoms with E-state index in [1.807, 2.05) is 0 Å². The second-order valence-corrected chi connectivity index (χ2v) is 5.42. The first-order chi connectivity index (χ1) is 7.68. The highest BCUT2D eigenvalue weighted by Crippen LogP contribution is 2.33. The van der Waals surface area contributed by atoms with Gasteiger partial charge in [0.05, 0.1) is 10.0 Å². The zero-order chi connectivity index (χ0) is 11.5. The Hall–Kier alpha value is 0.0500. The Balaban J connectivity index is 1.89. The number of hydrogen-bond donors (Lipinski definition) is 1. The molecule has 0 aromatic heterocycles. The van der Waals surface area contributed by atoms with Gasteiger partial charge in [0, 0.05) is 17.1 Å². The molecular formula is C12H14Cl3N. The fraction of sp³-hybridized carbons (Fsp3) is 0.500. The molecule has 4 heteroatoms. The molecule has 1 fully saturated rings. The van der Waals surface area contributed by atoms with Crippen LogP contribution in [0.15, 0.2) is 12.1 Å². The third kappa shape index (κ3) is 3.27. The molecule has 0 heterocycles. The van der Waals surface area contributed by atoms with Crippen LogP contribution in [-0.4, -0.2) is 6.54 Å². The van der Waals surface area contributed by atoms with Crippen molar-refractivity contribution in [1.82, 2.24) is 5.32 Å². The van der Waals surface area contributed by atoms with Gasteiger partial charge in [0.15, 0.2) is 0 Å². The zero-order valence-electron chi connectivity index (χ0n) is 8.90. The van der Waals surface area contributed by atoms with Crippen LogP contribution in [0.4, 0.5) is 0 Å². The first-order valence-electron chi connectivity index (χ1n) is 5.51. The molecule has 1 aromatic rings. The molecule has 1 nitrogen and oxygen atoms in total. The molecule has 1 aromatic carbocycles. The van der Waals surface area contributed by atoms with E-state index in [0.29, 0.717) is 21.6 Å². The van der Waals surface area contributed by atoms with Crippen molar-refractivity contribution in [3.8, 4) is 0 Å². The van der Waals surface area contributed by atoms with Crippen molar-refractivity contribution in [3.63, 3.8) is 0 Å². The molecule has 0 radical (unpaired) electrons. The van der Waals surface area contributed by atoms with Crippen molar-refractivity contribution in [2.24, 2.45) is 5.92 Å². The van der Waals surface area contributed by atoms with Gasteiger partial charge < -0.3 is 5.32 Å². The molecule has 0 saturated heterocycles. The van der Waals surface area contributed by atoms with E-state index in [-0.39, 0.29) is 0 Å². The van der Waals surface area contributed by atoms with Crippen LogP contribution < -0.4 is 5.32 Å². The minimum absolute atomic E-state index is 0.560. The van der Waals surface area contributed by atoms with Crippen LogP contribution in [0.3, 0.4) is 0 Å². The molecule has 16 heavy (non-hydrogen) atoms. The summed E-state index contributed by atoms with van der Waals surface area (Å²) in [6.45, 7) is 1.70. The molecule has 0 bridgehead atoms. The van der Waals surface area contributed by atoms with E-state index in [4.69, 9.17) is 34.8 Å². The van der Waals surface area contributed by atoms with Crippen molar-refractivity contribution >= 4 is 34.8 Å². The summed E-state index contributed by atoms with van der Waals surface area (Å²) in [6.07, 6.45) is 4.02. The van der Waals surface area contributed by atoms with E-state index in [2.05, 4.69) is 5.32 Å². The van der Waals surface area contributed by atoms with Gasteiger partial charge in [-0.15, -0.1) is 0 Å². The molecule has 1 N–H and O–H groups in total. The molecule has 0 atom stereocenters. The summed E-state index contributed by atoms with van der Waals surface area (Å²) in [7, 11) is 0. The second-order valence-electron chi connectivity index (χ2n) is 4.23. The van der Waals surface area contributed by atoms with Crippen molar-refractivity contribution in [2.75, 3.05) is 6.54 Å². The summed E-state index contributed by atoms with van der Waals surface area (Å²) in [4.78, 5) is 0. The van der Waals surface area contributed by atoms with Gasteiger partial charge >= 0.3 is 0 Å². The maximum atomic E-state index is 6.10. The molecule has 0 aliphatic heterocycles. The number of hydrogen-bond acceptors (Lipinski definition) is 1. The minimum atomic E-state index is 0.560. The quantitative estimate of drug-likeness (QED) is 0.616. The summed E-state index contributed by atoms with van der Waals surface area (Å²) in [6, 6.07) is 3.51. The molecule has 0 unspecified atom stereocenters. The highest BCUT2D eigenvalue weighted by Gasteiger charge is 2.20. The maximum absolute atomic E-state index is 6.10. The van der Waals surface area contributed by atoms with Crippen LogP contribution in [0.2, 0.25) is 15.1 Å². The predicted octanol–water partition coefficient (Wildman–Crippen LogP) is 4.54. The molecule has 88 valence electrons. The van der Waals surface area contributed by atoms with Gasteiger partial charge in [-0.05, 0) is 31.0 Å².